The van der Waals surface area contributed by atoms with Gasteiger partial charge >= 0.3 is 0 Å². The molecule has 21 heavy (non-hydrogen) atoms. The fourth-order valence-electron chi connectivity index (χ4n) is 3.95. The summed E-state index contributed by atoms with van der Waals surface area (Å²) >= 11 is 0. The fraction of sp³-hybridized carbons (Fsp3) is 0.647. The van der Waals surface area contributed by atoms with Crippen LogP contribution in [0.5, 0.6) is 0 Å². The Kier molecular flexibility index (Phi) is 4.99. The molecule has 1 aromatic rings. The molecule has 1 aromatic carbocycles. The van der Waals surface area contributed by atoms with E-state index in [9.17, 15) is 8.78 Å². The highest BCUT2D eigenvalue weighted by Gasteiger charge is 2.44. The van der Waals surface area contributed by atoms with E-state index in [1.165, 1.54) is 12.5 Å². The molecule has 0 saturated heterocycles. The molecule has 2 rings (SSSR count). The quantitative estimate of drug-likeness (QED) is 0.910. The Labute approximate surface area is 126 Å². The van der Waals surface area contributed by atoms with Gasteiger partial charge in [-0.3, -0.25) is 0 Å². The van der Waals surface area contributed by atoms with Crippen LogP contribution in [0.25, 0.3) is 0 Å². The monoisotopic (exact) mass is 296 g/mol. The molecule has 1 fully saturated rings. The summed E-state index contributed by atoms with van der Waals surface area (Å²) in [6, 6.07) is 4.25. The number of hydrogen-bond acceptors (Lipinski definition) is 2. The van der Waals surface area contributed by atoms with Crippen molar-refractivity contribution in [3.05, 3.63) is 35.4 Å². The lowest BCUT2D eigenvalue weighted by Crippen LogP contribution is -2.55. The second-order valence-electron chi connectivity index (χ2n) is 6.56. The predicted octanol–water partition coefficient (Wildman–Crippen LogP) is 3.74. The van der Waals surface area contributed by atoms with Gasteiger partial charge in [-0.25, -0.2) is 8.78 Å². The van der Waals surface area contributed by atoms with Crippen LogP contribution in [0.2, 0.25) is 0 Å². The molecule has 0 aliphatic heterocycles. The lowest BCUT2D eigenvalue weighted by Gasteiger charge is -2.50. The molecule has 0 spiro atoms. The zero-order valence-electron chi connectivity index (χ0n) is 13.4. The van der Waals surface area contributed by atoms with E-state index in [1.807, 2.05) is 21.1 Å². The number of halogens is 2. The highest BCUT2D eigenvalue weighted by Crippen LogP contribution is 2.44. The zero-order valence-corrected chi connectivity index (χ0v) is 13.4. The molecule has 1 saturated carbocycles. The molecule has 1 aliphatic rings. The maximum Gasteiger partial charge on any atom is 0.163 e. The second-order valence-corrected chi connectivity index (χ2v) is 6.56. The summed E-state index contributed by atoms with van der Waals surface area (Å²) in [7, 11) is 5.92. The first-order valence-electron chi connectivity index (χ1n) is 7.71. The average molecular weight is 296 g/mol. The molecule has 0 heterocycles. The summed E-state index contributed by atoms with van der Waals surface area (Å²) in [6.07, 6.45) is 4.30. The van der Waals surface area contributed by atoms with Gasteiger partial charge in [-0.2, -0.15) is 0 Å². The molecule has 3 unspecified atom stereocenters. The van der Waals surface area contributed by atoms with E-state index in [-0.39, 0.29) is 11.6 Å². The van der Waals surface area contributed by atoms with Crippen LogP contribution in [0.15, 0.2) is 18.2 Å². The minimum absolute atomic E-state index is 0.180. The maximum absolute atomic E-state index is 14.3. The first-order valence-corrected chi connectivity index (χ1v) is 7.71. The third-order valence-corrected chi connectivity index (χ3v) is 5.02. The van der Waals surface area contributed by atoms with Crippen molar-refractivity contribution in [1.82, 2.24) is 10.2 Å². The van der Waals surface area contributed by atoms with Crippen LogP contribution in [0.1, 0.15) is 44.2 Å². The number of likely N-dealkylation sites (N-methyl/N-ethyl adjacent to an activating group) is 2. The van der Waals surface area contributed by atoms with Crippen molar-refractivity contribution in [3.63, 3.8) is 0 Å². The minimum Gasteiger partial charge on any atom is -0.311 e. The average Bonchev–Trinajstić information content (AvgIpc) is 2.44. The lowest BCUT2D eigenvalue weighted by atomic mass is 9.69. The van der Waals surface area contributed by atoms with Gasteiger partial charge in [0.15, 0.2) is 11.6 Å². The Morgan fingerprint density at radius 2 is 2.05 bits per heavy atom. The van der Waals surface area contributed by atoms with Crippen molar-refractivity contribution in [3.8, 4) is 0 Å². The van der Waals surface area contributed by atoms with E-state index >= 15 is 0 Å². The number of nitrogens with zero attached hydrogens (tertiary/aromatic N) is 1. The molecule has 1 N–H and O–H groups in total. The van der Waals surface area contributed by atoms with Crippen molar-refractivity contribution >= 4 is 0 Å². The molecular formula is C17H26F2N2. The predicted molar refractivity (Wildman–Crippen MR) is 82.2 cm³/mol. The van der Waals surface area contributed by atoms with Gasteiger partial charge in [0, 0.05) is 11.1 Å². The van der Waals surface area contributed by atoms with E-state index < -0.39 is 11.6 Å². The van der Waals surface area contributed by atoms with Gasteiger partial charge in [0.25, 0.3) is 0 Å². The third kappa shape index (κ3) is 2.97. The Balaban J connectivity index is 2.48. The summed E-state index contributed by atoms with van der Waals surface area (Å²) in [5.41, 5.74) is 0.251. The maximum atomic E-state index is 14.3. The third-order valence-electron chi connectivity index (χ3n) is 5.02. The molecule has 0 amide bonds. The van der Waals surface area contributed by atoms with Gasteiger partial charge in [-0.05, 0) is 46.0 Å². The molecule has 3 atom stereocenters. The summed E-state index contributed by atoms with van der Waals surface area (Å²) in [4.78, 5) is 2.19. The fourth-order valence-corrected chi connectivity index (χ4v) is 3.95. The first kappa shape index (κ1) is 16.4. The van der Waals surface area contributed by atoms with Crippen LogP contribution >= 0.6 is 0 Å². The molecule has 0 bridgehead atoms. The highest BCUT2D eigenvalue weighted by molar-refractivity contribution is 5.27. The first-order chi connectivity index (χ1) is 9.92. The Bertz CT molecular complexity index is 490. The van der Waals surface area contributed by atoms with Gasteiger partial charge < -0.3 is 10.2 Å². The molecule has 0 aromatic heterocycles. The van der Waals surface area contributed by atoms with Crippen LogP contribution in [-0.4, -0.2) is 31.6 Å². The van der Waals surface area contributed by atoms with E-state index in [0.717, 1.165) is 19.3 Å². The van der Waals surface area contributed by atoms with Crippen LogP contribution < -0.4 is 5.32 Å². The highest BCUT2D eigenvalue weighted by atomic mass is 19.2. The van der Waals surface area contributed by atoms with Crippen LogP contribution in [0.4, 0.5) is 8.78 Å². The van der Waals surface area contributed by atoms with E-state index in [1.54, 1.807) is 12.1 Å². The number of rotatable bonds is 4. The number of benzene rings is 1. The molecule has 1 aliphatic carbocycles. The summed E-state index contributed by atoms with van der Waals surface area (Å²) in [5, 5.41) is 3.25. The minimum atomic E-state index is -0.773. The van der Waals surface area contributed by atoms with Crippen LogP contribution in [0, 0.1) is 17.6 Å². The van der Waals surface area contributed by atoms with Crippen molar-refractivity contribution in [2.24, 2.45) is 5.92 Å². The Morgan fingerprint density at radius 3 is 2.62 bits per heavy atom. The smallest absolute Gasteiger partial charge is 0.163 e. The molecule has 0 radical (unpaired) electrons. The molecular weight excluding hydrogens is 270 g/mol. The van der Waals surface area contributed by atoms with Crippen LogP contribution in [-0.2, 0) is 0 Å². The second kappa shape index (κ2) is 6.41. The standard InChI is InChI=1S/C17H26F2N2/c1-12-7-6-10-17(11-12,21(3)4)16(20-2)13-8-5-9-14(18)15(13)19/h5,8-9,12,16,20H,6-7,10-11H2,1-4H3. The topological polar surface area (TPSA) is 15.3 Å². The van der Waals surface area contributed by atoms with Gasteiger partial charge in [0.2, 0.25) is 0 Å². The van der Waals surface area contributed by atoms with E-state index in [0.29, 0.717) is 11.5 Å². The van der Waals surface area contributed by atoms with Gasteiger partial charge in [0.1, 0.15) is 0 Å². The summed E-state index contributed by atoms with van der Waals surface area (Å²) < 4.78 is 27.9. The number of nitrogens with one attached hydrogen (secondary N) is 1. The molecule has 4 heteroatoms. The molecule has 2 nitrogen and oxygen atoms in total. The van der Waals surface area contributed by atoms with Crippen LogP contribution in [0.3, 0.4) is 0 Å². The van der Waals surface area contributed by atoms with Crippen molar-refractivity contribution in [2.75, 3.05) is 21.1 Å². The molecule has 118 valence electrons. The Hall–Kier alpha value is -1.00. The summed E-state index contributed by atoms with van der Waals surface area (Å²) in [5.74, 6) is -0.907. The van der Waals surface area contributed by atoms with Crippen molar-refractivity contribution in [1.29, 1.82) is 0 Å². The normalized spacial score (nSPS) is 27.9. The van der Waals surface area contributed by atoms with Gasteiger partial charge in [-0.15, -0.1) is 0 Å². The van der Waals surface area contributed by atoms with Gasteiger partial charge in [0.05, 0.1) is 6.04 Å². The van der Waals surface area contributed by atoms with Crippen molar-refractivity contribution in [2.45, 2.75) is 44.2 Å². The Morgan fingerprint density at radius 1 is 1.33 bits per heavy atom. The van der Waals surface area contributed by atoms with Gasteiger partial charge in [-0.1, -0.05) is 31.9 Å². The SMILES string of the molecule is CNC(c1cccc(F)c1F)C1(N(C)C)CCCC(C)C1. The zero-order chi connectivity index (χ0) is 15.6. The lowest BCUT2D eigenvalue weighted by molar-refractivity contribution is 0.0379. The van der Waals surface area contributed by atoms with E-state index in [2.05, 4.69) is 17.1 Å². The van der Waals surface area contributed by atoms with Crippen molar-refractivity contribution < 1.29 is 8.78 Å². The number of hydrogen-bond donors (Lipinski definition) is 1. The van der Waals surface area contributed by atoms with E-state index in [4.69, 9.17) is 0 Å². The summed E-state index contributed by atoms with van der Waals surface area (Å²) in [6.45, 7) is 2.24. The largest absolute Gasteiger partial charge is 0.311 e.